The van der Waals surface area contributed by atoms with Gasteiger partial charge in [0.2, 0.25) is 0 Å². The normalized spacial score (nSPS) is 30.5. The van der Waals surface area contributed by atoms with Crippen LogP contribution in [0.5, 0.6) is 0 Å². The summed E-state index contributed by atoms with van der Waals surface area (Å²) >= 11 is 0. The molecule has 84 valence electrons. The average molecular weight is 207 g/mol. The van der Waals surface area contributed by atoms with Gasteiger partial charge in [0.15, 0.2) is 0 Å². The highest BCUT2D eigenvalue weighted by molar-refractivity contribution is 5.20. The SMILES string of the molecule is CN1CCN(C(C)(C#N)C2(C)CC2)CC1. The molecule has 1 heterocycles. The fourth-order valence-corrected chi connectivity index (χ4v) is 2.52. The number of likely N-dealkylation sites (N-methyl/N-ethyl adjacent to an activating group) is 1. The van der Waals surface area contributed by atoms with Gasteiger partial charge in [0.1, 0.15) is 5.54 Å². The van der Waals surface area contributed by atoms with E-state index in [9.17, 15) is 5.26 Å². The number of rotatable bonds is 2. The Bertz CT molecular complexity index is 282. The zero-order valence-corrected chi connectivity index (χ0v) is 10.1. The van der Waals surface area contributed by atoms with Crippen molar-refractivity contribution >= 4 is 0 Å². The van der Waals surface area contributed by atoms with E-state index >= 15 is 0 Å². The Morgan fingerprint density at radius 2 is 1.73 bits per heavy atom. The summed E-state index contributed by atoms with van der Waals surface area (Å²) in [6.07, 6.45) is 2.42. The van der Waals surface area contributed by atoms with E-state index in [1.54, 1.807) is 0 Å². The minimum absolute atomic E-state index is 0.242. The Labute approximate surface area is 92.7 Å². The maximum Gasteiger partial charge on any atom is 0.111 e. The molecule has 2 rings (SSSR count). The van der Waals surface area contributed by atoms with Crippen molar-refractivity contribution in [2.45, 2.75) is 32.2 Å². The second-order valence-corrected chi connectivity index (χ2v) is 5.54. The third kappa shape index (κ3) is 1.66. The topological polar surface area (TPSA) is 30.3 Å². The molecule has 0 N–H and O–H groups in total. The molecule has 0 aromatic carbocycles. The van der Waals surface area contributed by atoms with Crippen LogP contribution in [-0.2, 0) is 0 Å². The lowest BCUT2D eigenvalue weighted by molar-refractivity contribution is 0.0432. The van der Waals surface area contributed by atoms with Crippen LogP contribution < -0.4 is 0 Å². The Morgan fingerprint density at radius 1 is 1.20 bits per heavy atom. The fraction of sp³-hybridized carbons (Fsp3) is 0.917. The van der Waals surface area contributed by atoms with Crippen LogP contribution in [0, 0.1) is 16.7 Å². The molecule has 1 saturated heterocycles. The van der Waals surface area contributed by atoms with Gasteiger partial charge in [-0.05, 0) is 32.2 Å². The van der Waals surface area contributed by atoms with Gasteiger partial charge in [0, 0.05) is 26.2 Å². The number of hydrogen-bond acceptors (Lipinski definition) is 3. The highest BCUT2D eigenvalue weighted by atomic mass is 15.3. The van der Waals surface area contributed by atoms with Crippen molar-refractivity contribution in [1.82, 2.24) is 9.80 Å². The van der Waals surface area contributed by atoms with Gasteiger partial charge >= 0.3 is 0 Å². The van der Waals surface area contributed by atoms with Crippen molar-refractivity contribution in [3.63, 3.8) is 0 Å². The maximum absolute atomic E-state index is 9.47. The van der Waals surface area contributed by atoms with Gasteiger partial charge in [-0.15, -0.1) is 0 Å². The van der Waals surface area contributed by atoms with Gasteiger partial charge in [-0.2, -0.15) is 5.26 Å². The van der Waals surface area contributed by atoms with Gasteiger partial charge in [0.05, 0.1) is 6.07 Å². The Morgan fingerprint density at radius 3 is 2.13 bits per heavy atom. The third-order valence-corrected chi connectivity index (χ3v) is 4.53. The molecule has 1 aliphatic carbocycles. The minimum Gasteiger partial charge on any atom is -0.304 e. The van der Waals surface area contributed by atoms with Crippen LogP contribution in [0.1, 0.15) is 26.7 Å². The van der Waals surface area contributed by atoms with Crippen molar-refractivity contribution in [2.75, 3.05) is 33.2 Å². The van der Waals surface area contributed by atoms with Crippen LogP contribution in [-0.4, -0.2) is 48.6 Å². The lowest BCUT2D eigenvalue weighted by atomic mass is 9.83. The quantitative estimate of drug-likeness (QED) is 0.684. The van der Waals surface area contributed by atoms with E-state index in [1.807, 2.05) is 0 Å². The number of nitrogens with zero attached hydrogens (tertiary/aromatic N) is 3. The molecule has 2 aliphatic rings. The van der Waals surface area contributed by atoms with Crippen LogP contribution in [0.4, 0.5) is 0 Å². The molecule has 0 spiro atoms. The van der Waals surface area contributed by atoms with Gasteiger partial charge in [-0.1, -0.05) is 6.92 Å². The number of piperazine rings is 1. The van der Waals surface area contributed by atoms with Crippen LogP contribution in [0.3, 0.4) is 0 Å². The summed E-state index contributed by atoms with van der Waals surface area (Å²) in [4.78, 5) is 4.73. The van der Waals surface area contributed by atoms with Crippen molar-refractivity contribution in [2.24, 2.45) is 5.41 Å². The standard InChI is InChI=1S/C12H21N3/c1-11(4-5-11)12(2,10-13)15-8-6-14(3)7-9-15/h4-9H2,1-3H3. The first-order chi connectivity index (χ1) is 7.02. The molecular formula is C12H21N3. The molecule has 0 aromatic heterocycles. The molecule has 1 atom stereocenters. The second kappa shape index (κ2) is 3.47. The van der Waals surface area contributed by atoms with Crippen molar-refractivity contribution < 1.29 is 0 Å². The highest BCUT2D eigenvalue weighted by Gasteiger charge is 2.56. The first kappa shape index (κ1) is 10.9. The van der Waals surface area contributed by atoms with E-state index in [1.165, 1.54) is 12.8 Å². The van der Waals surface area contributed by atoms with Crippen molar-refractivity contribution in [1.29, 1.82) is 5.26 Å². The molecule has 0 radical (unpaired) electrons. The lowest BCUT2D eigenvalue weighted by Gasteiger charge is -2.44. The molecular weight excluding hydrogens is 186 g/mol. The molecule has 3 nitrogen and oxygen atoms in total. The van der Waals surface area contributed by atoms with Gasteiger partial charge in [0.25, 0.3) is 0 Å². The zero-order chi connectivity index (χ0) is 11.1. The second-order valence-electron chi connectivity index (χ2n) is 5.54. The monoisotopic (exact) mass is 207 g/mol. The predicted octanol–water partition coefficient (Wildman–Crippen LogP) is 1.32. The van der Waals surface area contributed by atoms with E-state index in [0.29, 0.717) is 0 Å². The Kier molecular flexibility index (Phi) is 2.52. The van der Waals surface area contributed by atoms with Crippen LogP contribution in [0.2, 0.25) is 0 Å². The van der Waals surface area contributed by atoms with E-state index in [0.717, 1.165) is 26.2 Å². The molecule has 1 aliphatic heterocycles. The lowest BCUT2D eigenvalue weighted by Crippen LogP contribution is -2.57. The first-order valence-electron chi connectivity index (χ1n) is 5.87. The summed E-state index contributed by atoms with van der Waals surface area (Å²) in [7, 11) is 2.15. The van der Waals surface area contributed by atoms with Crippen LogP contribution >= 0.6 is 0 Å². The van der Waals surface area contributed by atoms with E-state index < -0.39 is 0 Å². The van der Waals surface area contributed by atoms with Crippen LogP contribution in [0.15, 0.2) is 0 Å². The number of hydrogen-bond donors (Lipinski definition) is 0. The molecule has 0 bridgehead atoms. The minimum atomic E-state index is -0.242. The largest absolute Gasteiger partial charge is 0.304 e. The fourth-order valence-electron chi connectivity index (χ4n) is 2.52. The van der Waals surface area contributed by atoms with Crippen molar-refractivity contribution in [3.8, 4) is 6.07 Å². The van der Waals surface area contributed by atoms with Gasteiger partial charge in [-0.3, -0.25) is 4.90 Å². The molecule has 2 fully saturated rings. The maximum atomic E-state index is 9.47. The summed E-state index contributed by atoms with van der Waals surface area (Å²) in [6.45, 7) is 8.65. The molecule has 0 amide bonds. The molecule has 15 heavy (non-hydrogen) atoms. The smallest absolute Gasteiger partial charge is 0.111 e. The van der Waals surface area contributed by atoms with Crippen LogP contribution in [0.25, 0.3) is 0 Å². The summed E-state index contributed by atoms with van der Waals surface area (Å²) < 4.78 is 0. The molecule has 3 heteroatoms. The summed E-state index contributed by atoms with van der Waals surface area (Å²) in [5, 5.41) is 9.47. The first-order valence-corrected chi connectivity index (χ1v) is 5.87. The summed E-state index contributed by atoms with van der Waals surface area (Å²) in [5.41, 5.74) is 0.00587. The summed E-state index contributed by atoms with van der Waals surface area (Å²) in [6, 6.07) is 2.57. The Balaban J connectivity index is 2.11. The molecule has 1 saturated carbocycles. The van der Waals surface area contributed by atoms with Gasteiger partial charge < -0.3 is 4.90 Å². The van der Waals surface area contributed by atoms with Gasteiger partial charge in [-0.25, -0.2) is 0 Å². The summed E-state index contributed by atoms with van der Waals surface area (Å²) in [5.74, 6) is 0. The highest BCUT2D eigenvalue weighted by Crippen LogP contribution is 2.55. The third-order valence-electron chi connectivity index (χ3n) is 4.53. The predicted molar refractivity (Wildman–Crippen MR) is 60.4 cm³/mol. The Hall–Kier alpha value is -0.590. The van der Waals surface area contributed by atoms with E-state index in [4.69, 9.17) is 0 Å². The van der Waals surface area contributed by atoms with E-state index in [2.05, 4.69) is 36.8 Å². The van der Waals surface area contributed by atoms with Crippen molar-refractivity contribution in [3.05, 3.63) is 0 Å². The molecule has 0 aromatic rings. The number of nitriles is 1. The average Bonchev–Trinajstić information content (AvgIpc) is 2.98. The van der Waals surface area contributed by atoms with E-state index in [-0.39, 0.29) is 11.0 Å². The molecule has 1 unspecified atom stereocenters. The zero-order valence-electron chi connectivity index (χ0n) is 10.1.